The molecule has 0 aromatic rings. The fourth-order valence-corrected chi connectivity index (χ4v) is 0.749. The van der Waals surface area contributed by atoms with E-state index in [9.17, 15) is 8.42 Å². The van der Waals surface area contributed by atoms with E-state index in [0.29, 0.717) is 0 Å². The van der Waals surface area contributed by atoms with Gasteiger partial charge in [-0.3, -0.25) is 4.55 Å². The third-order valence-electron chi connectivity index (χ3n) is 0.667. The highest BCUT2D eigenvalue weighted by Crippen LogP contribution is 1.94. The van der Waals surface area contributed by atoms with Crippen molar-refractivity contribution >= 4 is 15.3 Å². The molecular formula is C3H3N2O3S. The van der Waals surface area contributed by atoms with Gasteiger partial charge < -0.3 is 0 Å². The molecule has 9 heavy (non-hydrogen) atoms. The monoisotopic (exact) mass is 147 g/mol. The Hall–Kier alpha value is -0.880. The van der Waals surface area contributed by atoms with Crippen molar-refractivity contribution in [3.05, 3.63) is 12.4 Å². The summed E-state index contributed by atoms with van der Waals surface area (Å²) in [5, 5.41) is 2.69. The molecule has 0 aromatic heterocycles. The van der Waals surface area contributed by atoms with Gasteiger partial charge in [-0.25, -0.2) is 10.3 Å². The summed E-state index contributed by atoms with van der Waals surface area (Å²) in [5.41, 5.74) is 0. The van der Waals surface area contributed by atoms with Crippen molar-refractivity contribution in [3.8, 4) is 0 Å². The molecule has 0 aromatic carbocycles. The van der Waals surface area contributed by atoms with Crippen LogP contribution in [0.15, 0.2) is 17.4 Å². The lowest BCUT2D eigenvalue weighted by atomic mass is 11.0. The fourth-order valence-electron chi connectivity index (χ4n) is 0.361. The molecule has 1 aliphatic rings. The van der Waals surface area contributed by atoms with Gasteiger partial charge in [0.05, 0.1) is 0 Å². The molecule has 5 nitrogen and oxygen atoms in total. The molecule has 0 spiro atoms. The maximum atomic E-state index is 10.1. The number of aliphatic imine (C=N–C) groups is 1. The van der Waals surface area contributed by atoms with Gasteiger partial charge in [0.2, 0.25) is 0 Å². The number of amidine groups is 1. The molecule has 1 rings (SSSR count). The molecule has 1 radical (unpaired) electrons. The minimum absolute atomic E-state index is 0.553. The Morgan fingerprint density at radius 1 is 1.44 bits per heavy atom. The molecule has 0 atom stereocenters. The van der Waals surface area contributed by atoms with E-state index < -0.39 is 15.3 Å². The first-order chi connectivity index (χ1) is 4.11. The number of rotatable bonds is 0. The lowest BCUT2D eigenvalue weighted by Crippen LogP contribution is -2.18. The van der Waals surface area contributed by atoms with Gasteiger partial charge in [-0.05, 0) is 0 Å². The first-order valence-electron chi connectivity index (χ1n) is 2.02. The summed E-state index contributed by atoms with van der Waals surface area (Å²) in [6, 6.07) is 0. The van der Waals surface area contributed by atoms with Gasteiger partial charge in [-0.15, -0.1) is 0 Å². The van der Waals surface area contributed by atoms with Crippen LogP contribution in [0, 0.1) is 0 Å². The van der Waals surface area contributed by atoms with Crippen molar-refractivity contribution in [1.29, 1.82) is 0 Å². The minimum Gasteiger partial charge on any atom is -0.279 e. The van der Waals surface area contributed by atoms with Crippen LogP contribution in [0.3, 0.4) is 0 Å². The van der Waals surface area contributed by atoms with Crippen LogP contribution >= 0.6 is 0 Å². The number of nitrogens with zero attached hydrogens (tertiary/aromatic N) is 2. The Bertz CT molecular complexity index is 263. The molecule has 0 saturated heterocycles. The van der Waals surface area contributed by atoms with Crippen molar-refractivity contribution in [2.24, 2.45) is 4.99 Å². The molecule has 1 heterocycles. The molecule has 1 aliphatic heterocycles. The Kier molecular flexibility index (Phi) is 1.26. The predicted molar refractivity (Wildman–Crippen MR) is 30.3 cm³/mol. The van der Waals surface area contributed by atoms with E-state index >= 15 is 0 Å². The van der Waals surface area contributed by atoms with Crippen LogP contribution in [0.4, 0.5) is 0 Å². The van der Waals surface area contributed by atoms with Crippen molar-refractivity contribution < 1.29 is 13.0 Å². The van der Waals surface area contributed by atoms with Gasteiger partial charge >= 0.3 is 10.1 Å². The van der Waals surface area contributed by atoms with Crippen LogP contribution in [0.25, 0.3) is 0 Å². The molecule has 0 amide bonds. The van der Waals surface area contributed by atoms with Crippen molar-refractivity contribution in [1.82, 2.24) is 5.32 Å². The summed E-state index contributed by atoms with van der Waals surface area (Å²) >= 11 is 0. The zero-order valence-corrected chi connectivity index (χ0v) is 5.04. The maximum absolute atomic E-state index is 10.1. The maximum Gasteiger partial charge on any atom is 0.330 e. The second-order valence-corrected chi connectivity index (χ2v) is 2.63. The Labute approximate surface area is 51.8 Å². The Morgan fingerprint density at radius 3 is 2.33 bits per heavy atom. The van der Waals surface area contributed by atoms with E-state index in [0.717, 1.165) is 0 Å². The molecule has 0 unspecified atom stereocenters. The fraction of sp³-hybridized carbons (Fsp3) is 0. The third-order valence-corrected chi connectivity index (χ3v) is 1.34. The molecule has 0 bridgehead atoms. The van der Waals surface area contributed by atoms with Gasteiger partial charge in [0.25, 0.3) is 5.17 Å². The quantitative estimate of drug-likeness (QED) is 0.461. The second kappa shape index (κ2) is 1.82. The molecule has 0 fully saturated rings. The van der Waals surface area contributed by atoms with E-state index in [4.69, 9.17) is 4.55 Å². The molecule has 1 N–H and O–H groups in total. The van der Waals surface area contributed by atoms with Gasteiger partial charge in [0.1, 0.15) is 0 Å². The highest BCUT2D eigenvalue weighted by molar-refractivity contribution is 8.01. The van der Waals surface area contributed by atoms with Gasteiger partial charge in [0, 0.05) is 12.4 Å². The molecule has 0 saturated carbocycles. The van der Waals surface area contributed by atoms with Gasteiger partial charge in [-0.1, -0.05) is 0 Å². The standard InChI is InChI=1S/C3H3N2O3S/c6-9(7,8)3-4-1-2-5-3/h1-2H,(H,6,7,8). The average Bonchev–Trinajstić information content (AvgIpc) is 2.08. The summed E-state index contributed by atoms with van der Waals surface area (Å²) < 4.78 is 28.5. The van der Waals surface area contributed by atoms with E-state index in [1.54, 1.807) is 0 Å². The highest BCUT2D eigenvalue weighted by Gasteiger charge is 2.17. The number of hydrogen-bond acceptors (Lipinski definition) is 3. The van der Waals surface area contributed by atoms with E-state index in [2.05, 4.69) is 10.3 Å². The smallest absolute Gasteiger partial charge is 0.279 e. The highest BCUT2D eigenvalue weighted by atomic mass is 32.2. The van der Waals surface area contributed by atoms with Crippen LogP contribution < -0.4 is 5.32 Å². The van der Waals surface area contributed by atoms with E-state index in [1.165, 1.54) is 12.4 Å². The van der Waals surface area contributed by atoms with Crippen molar-refractivity contribution in [2.75, 3.05) is 0 Å². The molecule has 49 valence electrons. The van der Waals surface area contributed by atoms with Crippen molar-refractivity contribution in [3.63, 3.8) is 0 Å². The first kappa shape index (κ1) is 6.24. The lowest BCUT2D eigenvalue weighted by molar-refractivity contribution is 0.497. The minimum atomic E-state index is -4.18. The summed E-state index contributed by atoms with van der Waals surface area (Å²) in [7, 11) is -4.18. The van der Waals surface area contributed by atoms with Crippen LogP contribution in [0.5, 0.6) is 0 Å². The van der Waals surface area contributed by atoms with Crippen LogP contribution in [0.1, 0.15) is 0 Å². The van der Waals surface area contributed by atoms with Crippen LogP contribution in [-0.4, -0.2) is 18.1 Å². The van der Waals surface area contributed by atoms with Gasteiger partial charge in [-0.2, -0.15) is 8.42 Å². The van der Waals surface area contributed by atoms with E-state index in [1.807, 2.05) is 0 Å². The lowest BCUT2D eigenvalue weighted by Gasteiger charge is -1.89. The largest absolute Gasteiger partial charge is 0.330 e. The Morgan fingerprint density at radius 2 is 2.11 bits per heavy atom. The molecular weight excluding hydrogens is 144 g/mol. The van der Waals surface area contributed by atoms with E-state index in [-0.39, 0.29) is 0 Å². The number of hydrogen-bond donors (Lipinski definition) is 1. The summed E-state index contributed by atoms with van der Waals surface area (Å²) in [4.78, 5) is 3.24. The summed E-state index contributed by atoms with van der Waals surface area (Å²) in [5.74, 6) is 0. The normalized spacial score (nSPS) is 17.2. The topological polar surface area (TPSA) is 80.8 Å². The van der Waals surface area contributed by atoms with Crippen molar-refractivity contribution in [2.45, 2.75) is 0 Å². The molecule has 6 heteroatoms. The second-order valence-electron chi connectivity index (χ2n) is 1.31. The summed E-state index contributed by atoms with van der Waals surface area (Å²) in [6.45, 7) is 0. The zero-order chi connectivity index (χ0) is 6.91. The zero-order valence-electron chi connectivity index (χ0n) is 4.22. The Balaban J connectivity index is 2.92. The van der Waals surface area contributed by atoms with Crippen LogP contribution in [-0.2, 0) is 10.1 Å². The molecule has 0 aliphatic carbocycles. The SMILES string of the molecule is O=S(=O)(O)C1=NC=C[N]1. The van der Waals surface area contributed by atoms with Crippen LogP contribution in [0.2, 0.25) is 0 Å². The average molecular weight is 147 g/mol. The first-order valence-corrected chi connectivity index (χ1v) is 3.46. The third kappa shape index (κ3) is 1.27. The summed E-state index contributed by atoms with van der Waals surface area (Å²) in [6.07, 6.45) is 2.37. The predicted octanol–water partition coefficient (Wildman–Crippen LogP) is -0.681. The van der Waals surface area contributed by atoms with Gasteiger partial charge in [0.15, 0.2) is 0 Å².